The van der Waals surface area contributed by atoms with Gasteiger partial charge >= 0.3 is 0 Å². The highest BCUT2D eigenvalue weighted by atomic mass is 16.4. The first-order valence-corrected chi connectivity index (χ1v) is 5.98. The van der Waals surface area contributed by atoms with Crippen molar-refractivity contribution in [2.45, 2.75) is 32.4 Å². The molecule has 1 heterocycles. The third-order valence-electron chi connectivity index (χ3n) is 2.76. The zero-order chi connectivity index (χ0) is 13.4. The molecular formula is C12H20N4O2. The maximum atomic E-state index is 8.90. The Morgan fingerprint density at radius 3 is 3.00 bits per heavy atom. The number of hydrogen-bond acceptors (Lipinski definition) is 5. The molecule has 0 bridgehead atoms. The van der Waals surface area contributed by atoms with Crippen molar-refractivity contribution in [1.29, 1.82) is 0 Å². The van der Waals surface area contributed by atoms with Gasteiger partial charge in [-0.15, -0.1) is 0 Å². The summed E-state index contributed by atoms with van der Waals surface area (Å²) in [4.78, 5) is 4.01. The number of nitrogens with zero attached hydrogens (tertiary/aromatic N) is 2. The number of pyridine rings is 1. The number of aliphatic hydroxyl groups excluding tert-OH is 1. The van der Waals surface area contributed by atoms with Crippen LogP contribution in [0.3, 0.4) is 0 Å². The van der Waals surface area contributed by atoms with Crippen LogP contribution in [-0.2, 0) is 6.54 Å². The van der Waals surface area contributed by atoms with Gasteiger partial charge < -0.3 is 21.4 Å². The van der Waals surface area contributed by atoms with E-state index in [2.05, 4.69) is 22.4 Å². The van der Waals surface area contributed by atoms with Crippen LogP contribution >= 0.6 is 0 Å². The number of nitrogens with one attached hydrogen (secondary N) is 1. The molecule has 6 nitrogen and oxygen atoms in total. The molecule has 1 aromatic heterocycles. The largest absolute Gasteiger partial charge is 0.409 e. The maximum absolute atomic E-state index is 8.90. The second kappa shape index (κ2) is 7.62. The Balaban J connectivity index is 2.62. The Bertz CT molecular complexity index is 395. The molecule has 0 amide bonds. The second-order valence-corrected chi connectivity index (χ2v) is 4.03. The van der Waals surface area contributed by atoms with Crippen molar-refractivity contribution in [2.75, 3.05) is 6.61 Å². The average Bonchev–Trinajstić information content (AvgIpc) is 2.42. The number of aromatic nitrogens is 1. The van der Waals surface area contributed by atoms with E-state index in [1.54, 1.807) is 12.3 Å². The maximum Gasteiger partial charge on any atom is 0.188 e. The summed E-state index contributed by atoms with van der Waals surface area (Å²) in [7, 11) is 0. The van der Waals surface area contributed by atoms with Gasteiger partial charge in [-0.3, -0.25) is 4.98 Å². The molecule has 1 atom stereocenters. The fourth-order valence-corrected chi connectivity index (χ4v) is 1.64. The van der Waals surface area contributed by atoms with E-state index in [1.807, 2.05) is 6.07 Å². The number of amidine groups is 1. The lowest BCUT2D eigenvalue weighted by Gasteiger charge is -2.15. The Kier molecular flexibility index (Phi) is 6.10. The van der Waals surface area contributed by atoms with Gasteiger partial charge in [-0.05, 0) is 30.5 Å². The van der Waals surface area contributed by atoms with Crippen molar-refractivity contribution < 1.29 is 10.3 Å². The summed E-state index contributed by atoms with van der Waals surface area (Å²) < 4.78 is 0. The molecule has 18 heavy (non-hydrogen) atoms. The highest BCUT2D eigenvalue weighted by Crippen LogP contribution is 2.04. The van der Waals surface area contributed by atoms with Crippen molar-refractivity contribution in [3.8, 4) is 0 Å². The van der Waals surface area contributed by atoms with Crippen LogP contribution in [0.1, 0.15) is 31.0 Å². The van der Waals surface area contributed by atoms with Gasteiger partial charge in [-0.1, -0.05) is 12.1 Å². The first-order valence-electron chi connectivity index (χ1n) is 5.98. The van der Waals surface area contributed by atoms with E-state index in [1.165, 1.54) is 0 Å². The molecule has 0 aromatic carbocycles. The predicted octanol–water partition coefficient (Wildman–Crippen LogP) is 0.427. The second-order valence-electron chi connectivity index (χ2n) is 4.03. The highest BCUT2D eigenvalue weighted by Gasteiger charge is 2.06. The van der Waals surface area contributed by atoms with Gasteiger partial charge in [0.1, 0.15) is 5.69 Å². The summed E-state index contributed by atoms with van der Waals surface area (Å²) in [6.45, 7) is 2.91. The number of rotatable bonds is 7. The standard InChI is InChI=1S/C12H20N4O2/c1-2-10(4-6-17)15-8-9-3-5-14-11(7-9)12(13)16-18/h3,5,7,10,15,17-18H,2,4,6,8H2,1H3,(H2,13,16). The highest BCUT2D eigenvalue weighted by molar-refractivity contribution is 5.95. The number of nitrogens with two attached hydrogens (primary N) is 1. The normalized spacial score (nSPS) is 13.6. The van der Waals surface area contributed by atoms with Gasteiger partial charge in [-0.2, -0.15) is 0 Å². The summed E-state index contributed by atoms with van der Waals surface area (Å²) in [6.07, 6.45) is 3.31. The first kappa shape index (κ1) is 14.4. The van der Waals surface area contributed by atoms with Gasteiger partial charge in [0.2, 0.25) is 0 Å². The van der Waals surface area contributed by atoms with Crippen LogP contribution in [0.25, 0.3) is 0 Å². The fraction of sp³-hybridized carbons (Fsp3) is 0.500. The Hall–Kier alpha value is -1.66. The van der Waals surface area contributed by atoms with E-state index < -0.39 is 0 Å². The van der Waals surface area contributed by atoms with Gasteiger partial charge in [0, 0.05) is 25.4 Å². The molecule has 100 valence electrons. The Morgan fingerprint density at radius 1 is 1.61 bits per heavy atom. The van der Waals surface area contributed by atoms with Gasteiger partial charge in [0.25, 0.3) is 0 Å². The molecule has 0 saturated heterocycles. The summed E-state index contributed by atoms with van der Waals surface area (Å²) in [6, 6.07) is 3.93. The van der Waals surface area contributed by atoms with Crippen molar-refractivity contribution in [1.82, 2.24) is 10.3 Å². The monoisotopic (exact) mass is 252 g/mol. The zero-order valence-corrected chi connectivity index (χ0v) is 10.5. The quantitative estimate of drug-likeness (QED) is 0.244. The third-order valence-corrected chi connectivity index (χ3v) is 2.76. The van der Waals surface area contributed by atoms with Crippen LogP contribution in [0.15, 0.2) is 23.5 Å². The van der Waals surface area contributed by atoms with Crippen LogP contribution in [0.5, 0.6) is 0 Å². The van der Waals surface area contributed by atoms with Gasteiger partial charge in [0.15, 0.2) is 5.84 Å². The van der Waals surface area contributed by atoms with E-state index in [4.69, 9.17) is 16.0 Å². The topological polar surface area (TPSA) is 104 Å². The molecule has 0 spiro atoms. The van der Waals surface area contributed by atoms with E-state index in [0.29, 0.717) is 12.2 Å². The molecule has 1 rings (SSSR count). The van der Waals surface area contributed by atoms with E-state index in [0.717, 1.165) is 18.4 Å². The summed E-state index contributed by atoms with van der Waals surface area (Å²) >= 11 is 0. The molecule has 0 aliphatic rings. The molecular weight excluding hydrogens is 232 g/mol. The van der Waals surface area contributed by atoms with Crippen LogP contribution in [0, 0.1) is 0 Å². The molecule has 6 heteroatoms. The number of oxime groups is 1. The molecule has 0 fully saturated rings. The van der Waals surface area contributed by atoms with Crippen LogP contribution < -0.4 is 11.1 Å². The van der Waals surface area contributed by atoms with Crippen molar-refractivity contribution >= 4 is 5.84 Å². The lowest BCUT2D eigenvalue weighted by atomic mass is 10.1. The predicted molar refractivity (Wildman–Crippen MR) is 69.4 cm³/mol. The average molecular weight is 252 g/mol. The minimum Gasteiger partial charge on any atom is -0.409 e. The molecule has 0 saturated carbocycles. The SMILES string of the molecule is CCC(CCO)NCc1ccnc(/C(N)=N/O)c1. The number of aliphatic hydroxyl groups is 1. The molecule has 0 aliphatic heterocycles. The molecule has 0 radical (unpaired) electrons. The van der Waals surface area contributed by atoms with Crippen molar-refractivity contribution in [3.05, 3.63) is 29.6 Å². The lowest BCUT2D eigenvalue weighted by molar-refractivity contribution is 0.262. The van der Waals surface area contributed by atoms with E-state index in [9.17, 15) is 0 Å². The minimum absolute atomic E-state index is 0.000695. The van der Waals surface area contributed by atoms with Gasteiger partial charge in [0.05, 0.1) is 0 Å². The van der Waals surface area contributed by atoms with E-state index in [-0.39, 0.29) is 18.5 Å². The Labute approximate surface area is 107 Å². The van der Waals surface area contributed by atoms with Crippen LogP contribution in [0.4, 0.5) is 0 Å². The van der Waals surface area contributed by atoms with Crippen LogP contribution in [0.2, 0.25) is 0 Å². The summed E-state index contributed by atoms with van der Waals surface area (Å²) in [5.74, 6) is -0.000695. The number of hydrogen-bond donors (Lipinski definition) is 4. The van der Waals surface area contributed by atoms with Crippen LogP contribution in [-0.4, -0.2) is 33.8 Å². The zero-order valence-electron chi connectivity index (χ0n) is 10.5. The summed E-state index contributed by atoms with van der Waals surface area (Å²) in [5.41, 5.74) is 6.93. The summed E-state index contributed by atoms with van der Waals surface area (Å²) in [5, 5.41) is 23.7. The van der Waals surface area contributed by atoms with E-state index >= 15 is 0 Å². The van der Waals surface area contributed by atoms with Crippen molar-refractivity contribution in [3.63, 3.8) is 0 Å². The fourth-order valence-electron chi connectivity index (χ4n) is 1.64. The Morgan fingerprint density at radius 2 is 2.39 bits per heavy atom. The van der Waals surface area contributed by atoms with Gasteiger partial charge in [-0.25, -0.2) is 0 Å². The first-order chi connectivity index (χ1) is 8.71. The smallest absolute Gasteiger partial charge is 0.188 e. The minimum atomic E-state index is -0.000695. The molecule has 0 aliphatic carbocycles. The lowest BCUT2D eigenvalue weighted by Crippen LogP contribution is -2.29. The third kappa shape index (κ3) is 4.31. The van der Waals surface area contributed by atoms with Crippen molar-refractivity contribution in [2.24, 2.45) is 10.9 Å². The molecule has 1 unspecified atom stereocenters. The molecule has 5 N–H and O–H groups in total. The molecule has 1 aromatic rings.